The van der Waals surface area contributed by atoms with Crippen LogP contribution in [0.3, 0.4) is 0 Å². The van der Waals surface area contributed by atoms with Crippen molar-refractivity contribution < 1.29 is 14.0 Å². The summed E-state index contributed by atoms with van der Waals surface area (Å²) < 4.78 is 15.4. The molecule has 0 aliphatic heterocycles. The molecule has 146 valence electrons. The third-order valence-corrected chi connectivity index (χ3v) is 6.60. The van der Waals surface area contributed by atoms with Crippen molar-refractivity contribution in [3.05, 3.63) is 65.4 Å². The van der Waals surface area contributed by atoms with Crippen molar-refractivity contribution >= 4 is 67.3 Å². The number of nitrogens with zero attached hydrogens (tertiary/aromatic N) is 2. The molecule has 0 unspecified atom stereocenters. The normalized spacial score (nSPS) is 10.8. The fourth-order valence-corrected chi connectivity index (χ4v) is 4.91. The maximum absolute atomic E-state index is 13.8. The maximum atomic E-state index is 13.8. The Kier molecular flexibility index (Phi) is 5.84. The number of hydrogen-bond donors (Lipinski definition) is 2. The molecule has 0 radical (unpaired) electrons. The van der Waals surface area contributed by atoms with Crippen molar-refractivity contribution in [2.45, 2.75) is 4.34 Å². The number of halogens is 1. The topological polar surface area (TPSA) is 84.0 Å². The van der Waals surface area contributed by atoms with Crippen molar-refractivity contribution in [3.63, 3.8) is 0 Å². The lowest BCUT2D eigenvalue weighted by atomic mass is 10.2. The molecule has 0 aliphatic rings. The summed E-state index contributed by atoms with van der Waals surface area (Å²) >= 11 is 4.11. The minimum atomic E-state index is -0.571. The van der Waals surface area contributed by atoms with Gasteiger partial charge in [-0.1, -0.05) is 23.9 Å². The van der Waals surface area contributed by atoms with E-state index < -0.39 is 11.7 Å². The molecule has 29 heavy (non-hydrogen) atoms. The van der Waals surface area contributed by atoms with Crippen LogP contribution in [0.4, 0.5) is 15.2 Å². The molecule has 0 saturated carbocycles. The van der Waals surface area contributed by atoms with Crippen LogP contribution in [0.5, 0.6) is 0 Å². The molecular formula is C19H13FN4O2S3. The first kappa shape index (κ1) is 19.5. The number of nitrogens with one attached hydrogen (secondary N) is 2. The number of fused-ring (bicyclic) bond motifs is 1. The maximum Gasteiger partial charge on any atom is 0.258 e. The molecular weight excluding hydrogens is 431 g/mol. The average Bonchev–Trinajstić information content (AvgIpc) is 3.35. The molecule has 2 aromatic heterocycles. The molecule has 0 aliphatic carbocycles. The van der Waals surface area contributed by atoms with Crippen molar-refractivity contribution in [2.75, 3.05) is 16.4 Å². The van der Waals surface area contributed by atoms with Gasteiger partial charge in [-0.3, -0.25) is 9.59 Å². The Morgan fingerprint density at radius 1 is 1.14 bits per heavy atom. The molecule has 2 amide bonds. The lowest BCUT2D eigenvalue weighted by Crippen LogP contribution is -2.13. The smallest absolute Gasteiger partial charge is 0.258 e. The Morgan fingerprint density at radius 2 is 2.00 bits per heavy atom. The van der Waals surface area contributed by atoms with E-state index in [0.717, 1.165) is 14.6 Å². The molecule has 4 aromatic rings. The van der Waals surface area contributed by atoms with Crippen LogP contribution in [0.2, 0.25) is 0 Å². The molecule has 4 rings (SSSR count). The Bertz CT molecular complexity index is 1180. The second-order valence-electron chi connectivity index (χ2n) is 5.77. The van der Waals surface area contributed by atoms with Crippen LogP contribution in [0.1, 0.15) is 10.4 Å². The lowest BCUT2D eigenvalue weighted by Gasteiger charge is -2.05. The summed E-state index contributed by atoms with van der Waals surface area (Å²) in [5, 5.41) is 7.78. The Balaban J connectivity index is 1.41. The summed E-state index contributed by atoms with van der Waals surface area (Å²) in [6.45, 7) is 0. The predicted octanol–water partition coefficient (Wildman–Crippen LogP) is 4.88. The zero-order chi connectivity index (χ0) is 20.2. The molecule has 0 spiro atoms. The zero-order valence-corrected chi connectivity index (χ0v) is 17.2. The largest absolute Gasteiger partial charge is 0.322 e. The number of thioether (sulfide) groups is 1. The molecule has 2 N–H and O–H groups in total. The zero-order valence-electron chi connectivity index (χ0n) is 14.7. The number of amides is 2. The van der Waals surface area contributed by atoms with Crippen LogP contribution in [-0.2, 0) is 4.79 Å². The van der Waals surface area contributed by atoms with Gasteiger partial charge in [-0.05, 0) is 30.3 Å². The number of carbonyl (C=O) groups is 2. The van der Waals surface area contributed by atoms with Gasteiger partial charge in [0.1, 0.15) is 5.82 Å². The van der Waals surface area contributed by atoms with Crippen molar-refractivity contribution in [1.82, 2.24) is 9.97 Å². The minimum absolute atomic E-state index is 0.0145. The molecule has 0 bridgehead atoms. The molecule has 10 heteroatoms. The molecule has 0 fully saturated rings. The van der Waals surface area contributed by atoms with Gasteiger partial charge in [-0.25, -0.2) is 14.4 Å². The van der Waals surface area contributed by atoms with E-state index in [2.05, 4.69) is 20.6 Å². The summed E-state index contributed by atoms with van der Waals surface area (Å²) in [6, 6.07) is 11.1. The number of thiazole rings is 2. The van der Waals surface area contributed by atoms with E-state index in [1.165, 1.54) is 52.6 Å². The van der Waals surface area contributed by atoms with E-state index in [1.54, 1.807) is 35.8 Å². The monoisotopic (exact) mass is 444 g/mol. The van der Waals surface area contributed by atoms with Gasteiger partial charge in [0.15, 0.2) is 9.47 Å². The van der Waals surface area contributed by atoms with Crippen molar-refractivity contribution in [3.8, 4) is 0 Å². The van der Waals surface area contributed by atoms with Crippen LogP contribution in [0.25, 0.3) is 10.2 Å². The van der Waals surface area contributed by atoms with Crippen molar-refractivity contribution in [1.29, 1.82) is 0 Å². The van der Waals surface area contributed by atoms with Gasteiger partial charge in [-0.15, -0.1) is 22.7 Å². The first-order valence-electron chi connectivity index (χ1n) is 8.37. The second kappa shape index (κ2) is 8.68. The molecule has 6 nitrogen and oxygen atoms in total. The number of aromatic nitrogens is 2. The third kappa shape index (κ3) is 4.78. The number of anilines is 2. The van der Waals surface area contributed by atoms with E-state index >= 15 is 0 Å². The van der Waals surface area contributed by atoms with Gasteiger partial charge in [0.05, 0.1) is 21.5 Å². The quantitative estimate of drug-likeness (QED) is 0.414. The van der Waals surface area contributed by atoms with Crippen molar-refractivity contribution in [2.24, 2.45) is 0 Å². The number of hydrogen-bond acceptors (Lipinski definition) is 7. The highest BCUT2D eigenvalue weighted by Gasteiger charge is 2.13. The van der Waals surface area contributed by atoms with E-state index in [9.17, 15) is 14.0 Å². The lowest BCUT2D eigenvalue weighted by molar-refractivity contribution is -0.113. The van der Waals surface area contributed by atoms with Gasteiger partial charge in [0.25, 0.3) is 5.91 Å². The SMILES string of the molecule is O=C(CSc1nc2ccc(NC(=O)c3ccccc3F)cc2s1)Nc1nccs1. The number of rotatable bonds is 6. The highest BCUT2D eigenvalue weighted by molar-refractivity contribution is 8.01. The van der Waals surface area contributed by atoms with Crippen LogP contribution in [-0.4, -0.2) is 27.5 Å². The summed E-state index contributed by atoms with van der Waals surface area (Å²) in [4.78, 5) is 32.7. The number of benzene rings is 2. The van der Waals surface area contributed by atoms with Crippen LogP contribution < -0.4 is 10.6 Å². The highest BCUT2D eigenvalue weighted by atomic mass is 32.2. The van der Waals surface area contributed by atoms with Gasteiger partial charge in [0, 0.05) is 17.3 Å². The van der Waals surface area contributed by atoms with Gasteiger partial charge in [0.2, 0.25) is 5.91 Å². The Labute approximate surface area is 177 Å². The molecule has 2 heterocycles. The van der Waals surface area contributed by atoms with Gasteiger partial charge >= 0.3 is 0 Å². The Morgan fingerprint density at radius 3 is 2.79 bits per heavy atom. The van der Waals surface area contributed by atoms with Gasteiger partial charge in [-0.2, -0.15) is 0 Å². The fourth-order valence-electron chi connectivity index (χ4n) is 2.45. The standard InChI is InChI=1S/C19H13FN4O2S3/c20-13-4-2-1-3-12(13)17(26)22-11-5-6-14-15(9-11)29-19(23-14)28-10-16(25)24-18-21-7-8-27-18/h1-9H,10H2,(H,22,26)(H,21,24,25). The minimum Gasteiger partial charge on any atom is -0.322 e. The summed E-state index contributed by atoms with van der Waals surface area (Å²) in [7, 11) is 0. The molecule has 0 atom stereocenters. The first-order valence-corrected chi connectivity index (χ1v) is 11.1. The predicted molar refractivity (Wildman–Crippen MR) is 115 cm³/mol. The fraction of sp³-hybridized carbons (Fsp3) is 0.0526. The third-order valence-electron chi connectivity index (χ3n) is 3.75. The van der Waals surface area contributed by atoms with E-state index in [-0.39, 0.29) is 17.2 Å². The first-order chi connectivity index (χ1) is 14.1. The van der Waals surface area contributed by atoms with E-state index in [0.29, 0.717) is 10.8 Å². The number of carbonyl (C=O) groups excluding carboxylic acids is 2. The summed E-state index contributed by atoms with van der Waals surface area (Å²) in [5.74, 6) is -1.02. The Hall–Kier alpha value is -2.82. The highest BCUT2D eigenvalue weighted by Crippen LogP contribution is 2.31. The molecule has 2 aromatic carbocycles. The molecule has 0 saturated heterocycles. The van der Waals surface area contributed by atoms with Crippen LogP contribution in [0, 0.1) is 5.82 Å². The second-order valence-corrected chi connectivity index (χ2v) is 8.92. The summed E-state index contributed by atoms with van der Waals surface area (Å²) in [6.07, 6.45) is 1.63. The van der Waals surface area contributed by atoms with Crippen LogP contribution in [0.15, 0.2) is 58.4 Å². The summed E-state index contributed by atoms with van der Waals surface area (Å²) in [5.41, 5.74) is 1.30. The van der Waals surface area contributed by atoms with Crippen LogP contribution >= 0.6 is 34.4 Å². The van der Waals surface area contributed by atoms with E-state index in [4.69, 9.17) is 0 Å². The average molecular weight is 445 g/mol. The van der Waals surface area contributed by atoms with E-state index in [1.807, 2.05) is 0 Å². The van der Waals surface area contributed by atoms with Gasteiger partial charge < -0.3 is 10.6 Å².